The number of benzene rings is 1. The van der Waals surface area contributed by atoms with Crippen LogP contribution in [0.15, 0.2) is 35.5 Å². The van der Waals surface area contributed by atoms with Crippen LogP contribution in [-0.4, -0.2) is 57.1 Å². The van der Waals surface area contributed by atoms with Gasteiger partial charge in [0.15, 0.2) is 5.78 Å². The zero-order chi connectivity index (χ0) is 21.0. The van der Waals surface area contributed by atoms with Crippen LogP contribution in [0.25, 0.3) is 5.69 Å². The molecule has 0 aliphatic heterocycles. The third kappa shape index (κ3) is 4.51. The molecule has 0 saturated carbocycles. The Labute approximate surface area is 174 Å². The normalized spacial score (nSPS) is 12.2. The topological polar surface area (TPSA) is 84.1 Å². The van der Waals surface area contributed by atoms with Crippen molar-refractivity contribution >= 4 is 17.5 Å². The van der Waals surface area contributed by atoms with Crippen molar-refractivity contribution in [1.29, 1.82) is 0 Å². The van der Waals surface area contributed by atoms with Gasteiger partial charge in [-0.05, 0) is 61.5 Å². The predicted molar refractivity (Wildman–Crippen MR) is 111 cm³/mol. The van der Waals surface area contributed by atoms with Crippen LogP contribution in [0.2, 0.25) is 0 Å². The van der Waals surface area contributed by atoms with Gasteiger partial charge in [-0.3, -0.25) is 4.79 Å². The quantitative estimate of drug-likeness (QED) is 0.392. The van der Waals surface area contributed by atoms with E-state index in [1.54, 1.807) is 18.9 Å². The molecule has 0 amide bonds. The standard InChI is InChI=1S/C20H25N5O3S/c1-13-10-18(15(3)24(13)14(2)11-27-4)19(26)12-29-20-21-22-23-25(20)16-6-8-17(28-5)9-7-16/h6-10,14H,11-12H2,1-5H3/t14-/m1/s1. The minimum Gasteiger partial charge on any atom is -0.497 e. The van der Waals surface area contributed by atoms with Crippen molar-refractivity contribution in [3.8, 4) is 11.4 Å². The number of ether oxygens (including phenoxy) is 2. The fraction of sp³-hybridized carbons (Fsp3) is 0.400. The summed E-state index contributed by atoms with van der Waals surface area (Å²) in [6.45, 7) is 6.65. The van der Waals surface area contributed by atoms with E-state index in [-0.39, 0.29) is 17.6 Å². The third-order valence-electron chi connectivity index (χ3n) is 4.72. The van der Waals surface area contributed by atoms with Gasteiger partial charge in [0, 0.05) is 24.1 Å². The molecule has 0 N–H and O–H groups in total. The number of carbonyl (C=O) groups is 1. The van der Waals surface area contributed by atoms with Gasteiger partial charge in [0.2, 0.25) is 5.16 Å². The molecule has 9 heteroatoms. The number of rotatable bonds is 9. The van der Waals surface area contributed by atoms with Crippen molar-refractivity contribution in [3.05, 3.63) is 47.3 Å². The highest BCUT2D eigenvalue weighted by Crippen LogP contribution is 2.25. The van der Waals surface area contributed by atoms with Gasteiger partial charge in [0.05, 0.1) is 31.2 Å². The zero-order valence-electron chi connectivity index (χ0n) is 17.2. The Morgan fingerprint density at radius 1 is 1.21 bits per heavy atom. The number of Topliss-reactive ketones (excluding diaryl/α,β-unsaturated/α-hetero) is 1. The lowest BCUT2D eigenvalue weighted by Crippen LogP contribution is -2.14. The molecule has 3 rings (SSSR count). The molecule has 0 radical (unpaired) electrons. The Kier molecular flexibility index (Phi) is 6.71. The van der Waals surface area contributed by atoms with Crippen LogP contribution in [0.1, 0.15) is 34.7 Å². The largest absolute Gasteiger partial charge is 0.497 e. The first kappa shape index (κ1) is 21.1. The second kappa shape index (κ2) is 9.23. The van der Waals surface area contributed by atoms with Gasteiger partial charge in [-0.25, -0.2) is 0 Å². The van der Waals surface area contributed by atoms with Crippen molar-refractivity contribution < 1.29 is 14.3 Å². The highest BCUT2D eigenvalue weighted by molar-refractivity contribution is 7.99. The Balaban J connectivity index is 1.74. The number of ketones is 1. The molecule has 1 aromatic carbocycles. The van der Waals surface area contributed by atoms with Crippen molar-refractivity contribution in [3.63, 3.8) is 0 Å². The molecule has 2 heterocycles. The number of nitrogens with zero attached hydrogens (tertiary/aromatic N) is 5. The Hall–Kier alpha value is -2.65. The highest BCUT2D eigenvalue weighted by atomic mass is 32.2. The predicted octanol–water partition coefficient (Wildman–Crippen LogP) is 3.27. The second-order valence-corrected chi connectivity index (χ2v) is 7.68. The van der Waals surface area contributed by atoms with E-state index in [0.29, 0.717) is 11.8 Å². The number of aromatic nitrogens is 5. The summed E-state index contributed by atoms with van der Waals surface area (Å²) in [5, 5.41) is 12.4. The van der Waals surface area contributed by atoms with E-state index >= 15 is 0 Å². The maximum Gasteiger partial charge on any atom is 0.214 e. The molecule has 0 saturated heterocycles. The number of methoxy groups -OCH3 is 2. The van der Waals surface area contributed by atoms with Crippen molar-refractivity contribution in [2.45, 2.75) is 32.0 Å². The van der Waals surface area contributed by atoms with Crippen molar-refractivity contribution in [1.82, 2.24) is 24.8 Å². The molecular formula is C20H25N5O3S. The minimum absolute atomic E-state index is 0.0447. The molecule has 29 heavy (non-hydrogen) atoms. The van der Waals surface area contributed by atoms with Crippen LogP contribution < -0.4 is 4.74 Å². The summed E-state index contributed by atoms with van der Waals surface area (Å²) in [5.41, 5.74) is 3.52. The Bertz CT molecular complexity index is 981. The van der Waals surface area contributed by atoms with Crippen LogP contribution in [0.5, 0.6) is 5.75 Å². The van der Waals surface area contributed by atoms with Gasteiger partial charge in [-0.2, -0.15) is 4.68 Å². The molecule has 0 fully saturated rings. The maximum absolute atomic E-state index is 12.9. The lowest BCUT2D eigenvalue weighted by Gasteiger charge is -2.17. The minimum atomic E-state index is 0.0447. The van der Waals surface area contributed by atoms with Gasteiger partial charge in [0.25, 0.3) is 0 Å². The van der Waals surface area contributed by atoms with E-state index in [1.165, 1.54) is 11.8 Å². The van der Waals surface area contributed by atoms with Gasteiger partial charge < -0.3 is 14.0 Å². The van der Waals surface area contributed by atoms with Crippen LogP contribution in [0, 0.1) is 13.8 Å². The highest BCUT2D eigenvalue weighted by Gasteiger charge is 2.20. The summed E-state index contributed by atoms with van der Waals surface area (Å²) in [6, 6.07) is 9.52. The molecule has 0 bridgehead atoms. The van der Waals surface area contributed by atoms with E-state index in [1.807, 2.05) is 44.2 Å². The molecule has 2 aromatic heterocycles. The second-order valence-electron chi connectivity index (χ2n) is 6.74. The lowest BCUT2D eigenvalue weighted by atomic mass is 10.2. The number of carbonyl (C=O) groups excluding carboxylic acids is 1. The molecular weight excluding hydrogens is 390 g/mol. The maximum atomic E-state index is 12.9. The van der Waals surface area contributed by atoms with E-state index in [2.05, 4.69) is 27.0 Å². The molecule has 0 aliphatic rings. The van der Waals surface area contributed by atoms with Crippen LogP contribution in [0.3, 0.4) is 0 Å². The molecule has 0 unspecified atom stereocenters. The first-order chi connectivity index (χ1) is 14.0. The fourth-order valence-corrected chi connectivity index (χ4v) is 4.19. The average Bonchev–Trinajstić information content (AvgIpc) is 3.30. The SMILES string of the molecule is COC[C@@H](C)n1c(C)cc(C(=O)CSc2nnnn2-c2ccc(OC)cc2)c1C. The number of thioether (sulfide) groups is 1. The van der Waals surface area contributed by atoms with Crippen LogP contribution in [-0.2, 0) is 4.74 Å². The van der Waals surface area contributed by atoms with E-state index in [0.717, 1.165) is 28.4 Å². The summed E-state index contributed by atoms with van der Waals surface area (Å²) >= 11 is 1.32. The number of hydrogen-bond acceptors (Lipinski definition) is 7. The van der Waals surface area contributed by atoms with Gasteiger partial charge in [0.1, 0.15) is 5.75 Å². The summed E-state index contributed by atoms with van der Waals surface area (Å²) < 4.78 is 14.2. The first-order valence-corrected chi connectivity index (χ1v) is 10.2. The molecule has 0 spiro atoms. The lowest BCUT2D eigenvalue weighted by molar-refractivity contribution is 0.102. The fourth-order valence-electron chi connectivity index (χ4n) is 3.42. The van der Waals surface area contributed by atoms with Crippen molar-refractivity contribution in [2.75, 3.05) is 26.6 Å². The number of aryl methyl sites for hydroxylation is 1. The molecule has 1 atom stereocenters. The van der Waals surface area contributed by atoms with Crippen molar-refractivity contribution in [2.24, 2.45) is 0 Å². The summed E-state index contributed by atoms with van der Waals surface area (Å²) in [5.74, 6) is 1.05. The summed E-state index contributed by atoms with van der Waals surface area (Å²) in [7, 11) is 3.30. The van der Waals surface area contributed by atoms with Crippen LogP contribution >= 0.6 is 11.8 Å². The van der Waals surface area contributed by atoms with E-state index < -0.39 is 0 Å². The van der Waals surface area contributed by atoms with Gasteiger partial charge >= 0.3 is 0 Å². The number of hydrogen-bond donors (Lipinski definition) is 0. The third-order valence-corrected chi connectivity index (χ3v) is 5.64. The first-order valence-electron chi connectivity index (χ1n) is 9.22. The smallest absolute Gasteiger partial charge is 0.214 e. The summed E-state index contributed by atoms with van der Waals surface area (Å²) in [6.07, 6.45) is 0. The van der Waals surface area contributed by atoms with E-state index in [4.69, 9.17) is 9.47 Å². The Morgan fingerprint density at radius 3 is 2.59 bits per heavy atom. The number of tetrazole rings is 1. The molecule has 8 nitrogen and oxygen atoms in total. The Morgan fingerprint density at radius 2 is 1.93 bits per heavy atom. The van der Waals surface area contributed by atoms with Gasteiger partial charge in [-0.15, -0.1) is 5.10 Å². The zero-order valence-corrected chi connectivity index (χ0v) is 18.1. The monoisotopic (exact) mass is 415 g/mol. The molecule has 0 aliphatic carbocycles. The average molecular weight is 416 g/mol. The summed E-state index contributed by atoms with van der Waals surface area (Å²) in [4.78, 5) is 12.9. The van der Waals surface area contributed by atoms with Crippen LogP contribution in [0.4, 0.5) is 0 Å². The molecule has 154 valence electrons. The molecule has 3 aromatic rings. The van der Waals surface area contributed by atoms with Gasteiger partial charge in [-0.1, -0.05) is 11.8 Å². The van der Waals surface area contributed by atoms with E-state index in [9.17, 15) is 4.79 Å².